The average Bonchev–Trinajstić information content (AvgIpc) is 2.26. The van der Waals surface area contributed by atoms with Gasteiger partial charge in [0.05, 0.1) is 4.55 Å². The predicted molar refractivity (Wildman–Crippen MR) is 75.3 cm³/mol. The van der Waals surface area contributed by atoms with Gasteiger partial charge in [-0.15, -0.1) is 0 Å². The summed E-state index contributed by atoms with van der Waals surface area (Å²) in [5, 5.41) is 0. The molecule has 0 aliphatic carbocycles. The normalized spacial score (nSPS) is 9.86. The number of alkyl halides is 2. The minimum Gasteiger partial charge on any atom is -0.329 e. The van der Waals surface area contributed by atoms with E-state index >= 15 is 0 Å². The zero-order chi connectivity index (χ0) is 10.4. The molecule has 0 atom stereocenters. The number of carbonyl (C=O) groups is 1. The first-order valence-electron chi connectivity index (χ1n) is 4.26. The number of hydrogen-bond donors (Lipinski definition) is 0. The third kappa shape index (κ3) is 3.38. The maximum absolute atomic E-state index is 11.9. The Kier molecular flexibility index (Phi) is 5.76. The molecule has 1 amide bonds. The number of nitrogens with zero attached hydrogens (tertiary/aromatic N) is 1. The quantitative estimate of drug-likeness (QED) is 0.421. The Morgan fingerprint density at radius 2 is 1.86 bits per heavy atom. The van der Waals surface area contributed by atoms with Gasteiger partial charge in [0.1, 0.15) is 0 Å². The highest BCUT2D eigenvalue weighted by Gasteiger charge is 2.12. The van der Waals surface area contributed by atoms with Crippen LogP contribution in [0.3, 0.4) is 0 Å². The molecule has 0 saturated heterocycles. The van der Waals surface area contributed by atoms with Crippen LogP contribution < -0.4 is 0 Å². The van der Waals surface area contributed by atoms with Crippen LogP contribution in [0.5, 0.6) is 0 Å². The summed E-state index contributed by atoms with van der Waals surface area (Å²) >= 11 is 4.50. The van der Waals surface area contributed by atoms with E-state index in [1.54, 1.807) is 0 Å². The van der Waals surface area contributed by atoms with Crippen LogP contribution in [0.4, 0.5) is 0 Å². The van der Waals surface area contributed by atoms with E-state index in [0.717, 1.165) is 21.1 Å². The Morgan fingerprint density at radius 1 is 1.21 bits per heavy atom. The van der Waals surface area contributed by atoms with Crippen molar-refractivity contribution in [3.05, 3.63) is 35.9 Å². The lowest BCUT2D eigenvalue weighted by Gasteiger charge is -2.18. The molecule has 0 heterocycles. The number of amides is 1. The van der Waals surface area contributed by atoms with Crippen LogP contribution in [-0.2, 0) is 0 Å². The van der Waals surface area contributed by atoms with E-state index in [9.17, 15) is 4.79 Å². The van der Waals surface area contributed by atoms with Gasteiger partial charge in [-0.05, 0) is 12.1 Å². The van der Waals surface area contributed by atoms with Gasteiger partial charge in [-0.3, -0.25) is 4.79 Å². The standard InChI is InChI=1S/C10H11I2NO/c11-6-7-13(8-12)10(14)9-4-2-1-3-5-9/h1-5H,6-8H2. The average molecular weight is 415 g/mol. The van der Waals surface area contributed by atoms with Crippen molar-refractivity contribution < 1.29 is 4.79 Å². The molecule has 0 fully saturated rings. The van der Waals surface area contributed by atoms with E-state index in [2.05, 4.69) is 45.2 Å². The number of benzene rings is 1. The molecule has 0 spiro atoms. The van der Waals surface area contributed by atoms with Crippen LogP contribution in [0.25, 0.3) is 0 Å². The molecule has 4 heteroatoms. The van der Waals surface area contributed by atoms with Crippen molar-refractivity contribution in [2.45, 2.75) is 0 Å². The summed E-state index contributed by atoms with van der Waals surface area (Å²) in [6.45, 7) is 0.817. The molecule has 14 heavy (non-hydrogen) atoms. The Bertz CT molecular complexity index is 289. The smallest absolute Gasteiger partial charge is 0.254 e. The largest absolute Gasteiger partial charge is 0.329 e. The first-order chi connectivity index (χ1) is 6.79. The summed E-state index contributed by atoms with van der Waals surface area (Å²) in [7, 11) is 0. The number of carbonyl (C=O) groups excluding carboxylic acids is 1. The van der Waals surface area contributed by atoms with Crippen LogP contribution in [0.2, 0.25) is 0 Å². The lowest BCUT2D eigenvalue weighted by atomic mass is 10.2. The summed E-state index contributed by atoms with van der Waals surface area (Å²) < 4.78 is 1.72. The molecule has 2 nitrogen and oxygen atoms in total. The molecule has 76 valence electrons. The van der Waals surface area contributed by atoms with Crippen LogP contribution in [0, 0.1) is 0 Å². The molecule has 0 N–H and O–H groups in total. The first-order valence-corrected chi connectivity index (χ1v) is 7.31. The molecule has 0 radical (unpaired) electrons. The van der Waals surface area contributed by atoms with E-state index in [-0.39, 0.29) is 5.91 Å². The predicted octanol–water partition coefficient (Wildman–Crippen LogP) is 2.96. The van der Waals surface area contributed by atoms with Crippen molar-refractivity contribution in [2.24, 2.45) is 0 Å². The first kappa shape index (κ1) is 12.2. The molecular weight excluding hydrogens is 404 g/mol. The second kappa shape index (κ2) is 6.60. The maximum atomic E-state index is 11.9. The topological polar surface area (TPSA) is 20.3 Å². The number of hydrogen-bond acceptors (Lipinski definition) is 1. The van der Waals surface area contributed by atoms with Crippen molar-refractivity contribution in [2.75, 3.05) is 15.5 Å². The van der Waals surface area contributed by atoms with Crippen molar-refractivity contribution in [1.29, 1.82) is 0 Å². The lowest BCUT2D eigenvalue weighted by Crippen LogP contribution is -2.31. The van der Waals surface area contributed by atoms with E-state index in [0.29, 0.717) is 0 Å². The van der Waals surface area contributed by atoms with Gasteiger partial charge in [0.25, 0.3) is 5.91 Å². The third-order valence-electron chi connectivity index (χ3n) is 1.81. The summed E-state index contributed by atoms with van der Waals surface area (Å²) in [6, 6.07) is 9.42. The molecule has 0 saturated carbocycles. The molecular formula is C10H11I2NO. The van der Waals surface area contributed by atoms with Crippen molar-refractivity contribution in [3.63, 3.8) is 0 Å². The zero-order valence-electron chi connectivity index (χ0n) is 7.62. The van der Waals surface area contributed by atoms with Gasteiger partial charge in [-0.1, -0.05) is 63.4 Å². The van der Waals surface area contributed by atoms with Crippen molar-refractivity contribution >= 4 is 51.1 Å². The lowest BCUT2D eigenvalue weighted by molar-refractivity contribution is 0.0800. The molecule has 1 aromatic rings. The summed E-state index contributed by atoms with van der Waals surface area (Å²) in [6.07, 6.45) is 0. The summed E-state index contributed by atoms with van der Waals surface area (Å²) in [4.78, 5) is 13.7. The molecule has 0 aromatic heterocycles. The highest BCUT2D eigenvalue weighted by molar-refractivity contribution is 14.1. The minimum atomic E-state index is 0.122. The van der Waals surface area contributed by atoms with Gasteiger partial charge in [0, 0.05) is 16.5 Å². The monoisotopic (exact) mass is 415 g/mol. The minimum absolute atomic E-state index is 0.122. The van der Waals surface area contributed by atoms with E-state index < -0.39 is 0 Å². The Labute approximate surface area is 111 Å². The SMILES string of the molecule is O=C(c1ccccc1)N(CI)CCI. The van der Waals surface area contributed by atoms with E-state index in [1.165, 1.54) is 0 Å². The fourth-order valence-electron chi connectivity index (χ4n) is 1.08. The number of halogens is 2. The molecule has 0 bridgehead atoms. The highest BCUT2D eigenvalue weighted by atomic mass is 127. The maximum Gasteiger partial charge on any atom is 0.254 e. The Morgan fingerprint density at radius 3 is 2.36 bits per heavy atom. The second-order valence-corrected chi connectivity index (χ2v) is 4.50. The zero-order valence-corrected chi connectivity index (χ0v) is 11.9. The molecule has 1 rings (SSSR count). The van der Waals surface area contributed by atoms with E-state index in [1.807, 2.05) is 35.2 Å². The molecule has 0 aliphatic heterocycles. The van der Waals surface area contributed by atoms with Gasteiger partial charge in [0.2, 0.25) is 0 Å². The Hall–Kier alpha value is 0.150. The fourth-order valence-corrected chi connectivity index (χ4v) is 2.31. The summed E-state index contributed by atoms with van der Waals surface area (Å²) in [5.74, 6) is 0.122. The van der Waals surface area contributed by atoms with Crippen LogP contribution in [-0.4, -0.2) is 26.3 Å². The van der Waals surface area contributed by atoms with Gasteiger partial charge in [-0.2, -0.15) is 0 Å². The number of rotatable bonds is 4. The Balaban J connectivity index is 2.73. The van der Waals surface area contributed by atoms with Gasteiger partial charge in [0.15, 0.2) is 0 Å². The van der Waals surface area contributed by atoms with Crippen molar-refractivity contribution in [3.8, 4) is 0 Å². The van der Waals surface area contributed by atoms with Gasteiger partial charge in [-0.25, -0.2) is 0 Å². The van der Waals surface area contributed by atoms with E-state index in [4.69, 9.17) is 0 Å². The molecule has 0 unspecified atom stereocenters. The highest BCUT2D eigenvalue weighted by Crippen LogP contribution is 2.06. The van der Waals surface area contributed by atoms with Crippen LogP contribution >= 0.6 is 45.2 Å². The third-order valence-corrected chi connectivity index (χ3v) is 3.11. The van der Waals surface area contributed by atoms with Gasteiger partial charge < -0.3 is 4.90 Å². The van der Waals surface area contributed by atoms with Gasteiger partial charge >= 0.3 is 0 Å². The second-order valence-electron chi connectivity index (χ2n) is 2.74. The molecule has 1 aromatic carbocycles. The van der Waals surface area contributed by atoms with Crippen LogP contribution in [0.15, 0.2) is 30.3 Å². The van der Waals surface area contributed by atoms with Crippen LogP contribution in [0.1, 0.15) is 10.4 Å². The summed E-state index contributed by atoms with van der Waals surface area (Å²) in [5.41, 5.74) is 0.772. The van der Waals surface area contributed by atoms with Crippen molar-refractivity contribution in [1.82, 2.24) is 4.90 Å². The molecule has 0 aliphatic rings. The fraction of sp³-hybridized carbons (Fsp3) is 0.300.